The average Bonchev–Trinajstić information content (AvgIpc) is 3.35. The Labute approximate surface area is 235 Å². The van der Waals surface area contributed by atoms with Crippen molar-refractivity contribution in [2.24, 2.45) is 10.2 Å². The van der Waals surface area contributed by atoms with Gasteiger partial charge in [-0.1, -0.05) is 38.0 Å². The van der Waals surface area contributed by atoms with Crippen LogP contribution in [-0.4, -0.2) is 39.9 Å². The molecule has 2 aliphatic rings. The second-order valence-corrected chi connectivity index (χ2v) is 12.6. The molecule has 4 rings (SSSR count). The Morgan fingerprint density at radius 3 is 2.67 bits per heavy atom. The number of aromatic nitrogens is 2. The second kappa shape index (κ2) is 12.4. The quantitative estimate of drug-likeness (QED) is 0.179. The first-order chi connectivity index (χ1) is 18.5. The van der Waals surface area contributed by atoms with Gasteiger partial charge in [-0.25, -0.2) is 4.79 Å². The number of carbonyl (C=O) groups is 1. The minimum absolute atomic E-state index is 0.0772. The van der Waals surface area contributed by atoms with Crippen molar-refractivity contribution >= 4 is 51.4 Å². The van der Waals surface area contributed by atoms with Crippen LogP contribution in [0.15, 0.2) is 22.4 Å². The third kappa shape index (κ3) is 7.62. The maximum absolute atomic E-state index is 13.1. The fourth-order valence-electron chi connectivity index (χ4n) is 5.35. The standard InChI is InChI=1S/C26H35F3N6O2S2/c1-5-6-12-35-21-14-20(34-39-26(27,28)29)19(13-18(21)16(2)15-25(35,3)4)30-32-24-33-31-22(38-24)23(36)37-17-10-8-7-9-11-17/h13-14,16-17,34H,5-12,15H2,1-4H3. The van der Waals surface area contributed by atoms with Crippen molar-refractivity contribution in [2.45, 2.75) is 102 Å². The number of ether oxygens (including phenoxy) is 1. The van der Waals surface area contributed by atoms with Gasteiger partial charge >= 0.3 is 11.5 Å². The predicted molar refractivity (Wildman–Crippen MR) is 149 cm³/mol. The van der Waals surface area contributed by atoms with Crippen LogP contribution in [0.25, 0.3) is 0 Å². The van der Waals surface area contributed by atoms with Crippen molar-refractivity contribution in [3.8, 4) is 0 Å². The van der Waals surface area contributed by atoms with Crippen LogP contribution < -0.4 is 9.62 Å². The minimum atomic E-state index is -4.48. The van der Waals surface area contributed by atoms with Crippen LogP contribution in [-0.2, 0) is 4.74 Å². The van der Waals surface area contributed by atoms with Gasteiger partial charge < -0.3 is 14.4 Å². The number of hydrogen-bond acceptors (Lipinski definition) is 10. The first-order valence-electron chi connectivity index (χ1n) is 13.4. The fraction of sp³-hybridized carbons (Fsp3) is 0.654. The fourth-order valence-corrected chi connectivity index (χ4v) is 6.29. The van der Waals surface area contributed by atoms with Crippen molar-refractivity contribution in [3.63, 3.8) is 0 Å². The molecule has 0 radical (unpaired) electrons. The molecule has 1 saturated carbocycles. The highest BCUT2D eigenvalue weighted by Crippen LogP contribution is 2.48. The van der Waals surface area contributed by atoms with Crippen LogP contribution in [0.1, 0.15) is 100 Å². The zero-order chi connectivity index (χ0) is 28.2. The van der Waals surface area contributed by atoms with E-state index in [1.807, 2.05) is 0 Å². The molecule has 0 saturated heterocycles. The molecule has 1 unspecified atom stereocenters. The molecule has 2 aromatic rings. The van der Waals surface area contributed by atoms with Crippen LogP contribution in [0.5, 0.6) is 0 Å². The molecule has 0 spiro atoms. The number of fused-ring (bicyclic) bond motifs is 1. The molecule has 1 aromatic carbocycles. The number of benzene rings is 1. The lowest BCUT2D eigenvalue weighted by atomic mass is 9.79. The summed E-state index contributed by atoms with van der Waals surface area (Å²) in [6.07, 6.45) is 7.66. The van der Waals surface area contributed by atoms with Crippen molar-refractivity contribution < 1.29 is 22.7 Å². The molecule has 0 bridgehead atoms. The van der Waals surface area contributed by atoms with Gasteiger partial charge in [0, 0.05) is 17.8 Å². The molecule has 2 heterocycles. The molecule has 214 valence electrons. The lowest BCUT2D eigenvalue weighted by Crippen LogP contribution is -2.48. The van der Waals surface area contributed by atoms with Gasteiger partial charge in [-0.3, -0.25) is 0 Å². The summed E-state index contributed by atoms with van der Waals surface area (Å²) in [5.41, 5.74) is -2.25. The SMILES string of the molecule is CCCCN1c2cc(NSC(F)(F)F)c(N=Nc3nnc(C(=O)OC4CCCCC4)s3)cc2C(C)CC1(C)C. The summed E-state index contributed by atoms with van der Waals surface area (Å²) >= 11 is 0.600. The van der Waals surface area contributed by atoms with Gasteiger partial charge in [0.1, 0.15) is 11.8 Å². The van der Waals surface area contributed by atoms with E-state index >= 15 is 0 Å². The van der Waals surface area contributed by atoms with Gasteiger partial charge in [-0.2, -0.15) is 13.2 Å². The number of halogens is 3. The first kappa shape index (κ1) is 29.6. The van der Waals surface area contributed by atoms with Gasteiger partial charge in [0.15, 0.2) is 0 Å². The summed E-state index contributed by atoms with van der Waals surface area (Å²) in [6, 6.07) is 3.54. The van der Waals surface area contributed by atoms with Gasteiger partial charge in [0.2, 0.25) is 5.01 Å². The number of hydrogen-bond donors (Lipinski definition) is 1. The summed E-state index contributed by atoms with van der Waals surface area (Å²) in [6.45, 7) is 9.37. The number of azo groups is 1. The van der Waals surface area contributed by atoms with E-state index in [9.17, 15) is 18.0 Å². The number of anilines is 2. The summed E-state index contributed by atoms with van der Waals surface area (Å²) < 4.78 is 47.3. The molecule has 1 aliphatic heterocycles. The zero-order valence-corrected chi connectivity index (χ0v) is 24.3. The summed E-state index contributed by atoms with van der Waals surface area (Å²) in [5, 5.41) is 16.4. The smallest absolute Gasteiger partial charge is 0.457 e. The molecule has 1 atom stereocenters. The van der Waals surface area contributed by atoms with Gasteiger partial charge in [-0.15, -0.1) is 20.4 Å². The van der Waals surface area contributed by atoms with Gasteiger partial charge in [0.25, 0.3) is 5.13 Å². The van der Waals surface area contributed by atoms with E-state index in [0.29, 0.717) is 0 Å². The van der Waals surface area contributed by atoms with E-state index < -0.39 is 11.5 Å². The Morgan fingerprint density at radius 1 is 1.23 bits per heavy atom. The Kier molecular flexibility index (Phi) is 9.41. The molecular formula is C26H35F3N6O2S2. The van der Waals surface area contributed by atoms with Crippen LogP contribution in [0.4, 0.5) is 35.4 Å². The lowest BCUT2D eigenvalue weighted by Gasteiger charge is -2.48. The number of nitrogens with one attached hydrogen (secondary N) is 1. The molecule has 1 aliphatic carbocycles. The number of esters is 1. The van der Waals surface area contributed by atoms with E-state index in [2.05, 4.69) is 57.7 Å². The molecule has 1 fully saturated rings. The molecule has 13 heteroatoms. The zero-order valence-electron chi connectivity index (χ0n) is 22.7. The molecule has 0 amide bonds. The van der Waals surface area contributed by atoms with E-state index in [1.165, 1.54) is 0 Å². The maximum atomic E-state index is 13.1. The molecule has 39 heavy (non-hydrogen) atoms. The van der Waals surface area contributed by atoms with Crippen LogP contribution in [0, 0.1) is 0 Å². The van der Waals surface area contributed by atoms with Crippen molar-refractivity contribution in [3.05, 3.63) is 22.7 Å². The highest BCUT2D eigenvalue weighted by Gasteiger charge is 2.37. The number of unbranched alkanes of at least 4 members (excludes halogenated alkanes) is 1. The van der Waals surface area contributed by atoms with Crippen molar-refractivity contribution in [2.75, 3.05) is 16.2 Å². The lowest BCUT2D eigenvalue weighted by molar-refractivity contribution is -0.0324. The van der Waals surface area contributed by atoms with Gasteiger partial charge in [0.05, 0.1) is 17.6 Å². The normalized spacial score (nSPS) is 19.8. The highest BCUT2D eigenvalue weighted by atomic mass is 32.2. The Morgan fingerprint density at radius 2 is 1.97 bits per heavy atom. The minimum Gasteiger partial charge on any atom is -0.457 e. The number of carbonyl (C=O) groups excluding carboxylic acids is 1. The topological polar surface area (TPSA) is 92.1 Å². The Hall–Kier alpha value is -2.41. The van der Waals surface area contributed by atoms with Gasteiger partial charge in [-0.05, 0) is 76.0 Å². The Balaban J connectivity index is 1.61. The van der Waals surface area contributed by atoms with Crippen LogP contribution >= 0.6 is 23.3 Å². The van der Waals surface area contributed by atoms with Crippen molar-refractivity contribution in [1.82, 2.24) is 10.2 Å². The maximum Gasteiger partial charge on any atom is 0.461 e. The third-order valence-corrected chi connectivity index (χ3v) is 8.51. The highest BCUT2D eigenvalue weighted by molar-refractivity contribution is 8.01. The summed E-state index contributed by atoms with van der Waals surface area (Å²) in [5.74, 6) is -0.365. The number of nitrogens with zero attached hydrogens (tertiary/aromatic N) is 5. The Bertz CT molecular complexity index is 1180. The van der Waals surface area contributed by atoms with Crippen molar-refractivity contribution in [1.29, 1.82) is 0 Å². The molecule has 1 aromatic heterocycles. The van der Waals surface area contributed by atoms with E-state index in [1.54, 1.807) is 12.1 Å². The number of alkyl halides is 3. The summed E-state index contributed by atoms with van der Waals surface area (Å²) in [4.78, 5) is 14.8. The van der Waals surface area contributed by atoms with Crippen LogP contribution in [0.2, 0.25) is 0 Å². The van der Waals surface area contributed by atoms with E-state index in [4.69, 9.17) is 4.74 Å². The van der Waals surface area contributed by atoms with E-state index in [0.717, 1.165) is 80.5 Å². The average molecular weight is 585 g/mol. The second-order valence-electron chi connectivity index (χ2n) is 10.8. The molecular weight excluding hydrogens is 549 g/mol. The predicted octanol–water partition coefficient (Wildman–Crippen LogP) is 8.92. The molecule has 1 N–H and O–H groups in total. The summed E-state index contributed by atoms with van der Waals surface area (Å²) in [7, 11) is 0. The van der Waals surface area contributed by atoms with E-state index in [-0.39, 0.29) is 51.0 Å². The molecule has 8 nitrogen and oxygen atoms in total. The third-order valence-electron chi connectivity index (χ3n) is 7.17. The largest absolute Gasteiger partial charge is 0.461 e. The number of rotatable bonds is 9. The van der Waals surface area contributed by atoms with Crippen LogP contribution in [0.3, 0.4) is 0 Å². The monoisotopic (exact) mass is 584 g/mol. The first-order valence-corrected chi connectivity index (χ1v) is 15.0.